The molecule has 0 aliphatic carbocycles. The summed E-state index contributed by atoms with van der Waals surface area (Å²) in [5.41, 5.74) is 3.56. The minimum atomic E-state index is -0.427. The quantitative estimate of drug-likeness (QED) is 0.699. The number of rotatable bonds is 7. The molecule has 0 aliphatic heterocycles. The van der Waals surface area contributed by atoms with Gasteiger partial charge in [0.25, 0.3) is 5.91 Å². The molecular formula is C21H28N2O4. The maximum absolute atomic E-state index is 12.7. The Labute approximate surface area is 160 Å². The van der Waals surface area contributed by atoms with Crippen LogP contribution < -0.4 is 10.1 Å². The minimum Gasteiger partial charge on any atom is -0.494 e. The van der Waals surface area contributed by atoms with Crippen LogP contribution >= 0.6 is 0 Å². The van der Waals surface area contributed by atoms with E-state index in [4.69, 9.17) is 9.47 Å². The molecule has 1 heterocycles. The third kappa shape index (κ3) is 4.90. The Kier molecular flexibility index (Phi) is 6.66. The van der Waals surface area contributed by atoms with E-state index in [1.807, 2.05) is 32.0 Å². The average Bonchev–Trinajstić information content (AvgIpc) is 2.89. The Morgan fingerprint density at radius 3 is 2.48 bits per heavy atom. The summed E-state index contributed by atoms with van der Waals surface area (Å²) in [6.07, 6.45) is 0.712. The van der Waals surface area contributed by atoms with Crippen LogP contribution in [0.5, 0.6) is 5.75 Å². The summed E-state index contributed by atoms with van der Waals surface area (Å²) < 4.78 is 10.9. The zero-order valence-corrected chi connectivity index (χ0v) is 16.9. The summed E-state index contributed by atoms with van der Waals surface area (Å²) in [7, 11) is 0. The third-order valence-electron chi connectivity index (χ3n) is 4.13. The van der Waals surface area contributed by atoms with Gasteiger partial charge in [-0.25, -0.2) is 4.79 Å². The van der Waals surface area contributed by atoms with Crippen molar-refractivity contribution in [3.8, 4) is 5.75 Å². The average molecular weight is 372 g/mol. The van der Waals surface area contributed by atoms with Crippen LogP contribution in [0.25, 0.3) is 0 Å². The van der Waals surface area contributed by atoms with Crippen LogP contribution in [-0.4, -0.2) is 29.6 Å². The van der Waals surface area contributed by atoms with Gasteiger partial charge >= 0.3 is 5.97 Å². The SMILES string of the molecule is CCCOc1ccc(NC(=O)c2[nH]c(C)c(C(=O)OC(C)C)c2C)c(C)c1. The van der Waals surface area contributed by atoms with E-state index in [1.54, 1.807) is 27.7 Å². The Balaban J connectivity index is 2.20. The molecule has 1 aromatic carbocycles. The molecule has 0 saturated carbocycles. The van der Waals surface area contributed by atoms with Crippen LogP contribution in [0, 0.1) is 20.8 Å². The number of H-pyrrole nitrogens is 1. The molecule has 0 spiro atoms. The number of benzene rings is 1. The van der Waals surface area contributed by atoms with Crippen LogP contribution in [0.1, 0.15) is 64.9 Å². The number of esters is 1. The minimum absolute atomic E-state index is 0.223. The molecular weight excluding hydrogens is 344 g/mol. The maximum atomic E-state index is 12.7. The van der Waals surface area contributed by atoms with Crippen molar-refractivity contribution in [3.63, 3.8) is 0 Å². The van der Waals surface area contributed by atoms with Crippen molar-refractivity contribution in [3.05, 3.63) is 46.3 Å². The number of amides is 1. The van der Waals surface area contributed by atoms with Gasteiger partial charge in [-0.1, -0.05) is 6.92 Å². The topological polar surface area (TPSA) is 80.4 Å². The van der Waals surface area contributed by atoms with E-state index in [9.17, 15) is 9.59 Å². The van der Waals surface area contributed by atoms with Gasteiger partial charge in [0.2, 0.25) is 0 Å². The highest BCUT2D eigenvalue weighted by Crippen LogP contribution is 2.24. The number of carbonyl (C=O) groups is 2. The number of hydrogen-bond donors (Lipinski definition) is 2. The van der Waals surface area contributed by atoms with E-state index in [0.29, 0.717) is 34.8 Å². The summed E-state index contributed by atoms with van der Waals surface area (Å²) in [4.78, 5) is 28.0. The Bertz CT molecular complexity index is 837. The van der Waals surface area contributed by atoms with E-state index < -0.39 is 5.97 Å². The van der Waals surface area contributed by atoms with Gasteiger partial charge in [-0.05, 0) is 70.4 Å². The summed E-state index contributed by atoms with van der Waals surface area (Å²) in [5.74, 6) is 0.0476. The molecule has 0 unspecified atom stereocenters. The number of aromatic nitrogens is 1. The molecule has 1 amide bonds. The zero-order chi connectivity index (χ0) is 20.1. The number of hydrogen-bond acceptors (Lipinski definition) is 4. The second-order valence-electron chi connectivity index (χ2n) is 6.86. The molecule has 6 nitrogen and oxygen atoms in total. The van der Waals surface area contributed by atoms with Crippen molar-refractivity contribution in [1.29, 1.82) is 0 Å². The molecule has 6 heteroatoms. The first-order valence-electron chi connectivity index (χ1n) is 9.19. The molecule has 0 fully saturated rings. The molecule has 146 valence electrons. The van der Waals surface area contributed by atoms with Gasteiger partial charge in [0, 0.05) is 11.4 Å². The Morgan fingerprint density at radius 2 is 1.89 bits per heavy atom. The van der Waals surface area contributed by atoms with Gasteiger partial charge < -0.3 is 19.8 Å². The van der Waals surface area contributed by atoms with Gasteiger partial charge in [0.05, 0.1) is 18.3 Å². The Morgan fingerprint density at radius 1 is 1.19 bits per heavy atom. The monoisotopic (exact) mass is 372 g/mol. The van der Waals surface area contributed by atoms with Crippen molar-refractivity contribution in [2.75, 3.05) is 11.9 Å². The van der Waals surface area contributed by atoms with Crippen LogP contribution in [-0.2, 0) is 4.74 Å². The normalized spacial score (nSPS) is 10.8. The van der Waals surface area contributed by atoms with Crippen LogP contribution in [0.2, 0.25) is 0 Å². The summed E-state index contributed by atoms with van der Waals surface area (Å²) in [6.45, 7) is 11.7. The number of carbonyl (C=O) groups excluding carboxylic acids is 2. The van der Waals surface area contributed by atoms with Gasteiger partial charge in [-0.15, -0.1) is 0 Å². The van der Waals surface area contributed by atoms with E-state index in [1.165, 1.54) is 0 Å². The smallest absolute Gasteiger partial charge is 0.340 e. The van der Waals surface area contributed by atoms with Crippen molar-refractivity contribution in [2.45, 2.75) is 54.1 Å². The molecule has 2 N–H and O–H groups in total. The van der Waals surface area contributed by atoms with Crippen molar-refractivity contribution in [2.24, 2.45) is 0 Å². The first kappa shape index (κ1) is 20.6. The fourth-order valence-electron chi connectivity index (χ4n) is 2.83. The van der Waals surface area contributed by atoms with E-state index >= 15 is 0 Å². The second-order valence-corrected chi connectivity index (χ2v) is 6.86. The molecule has 1 aromatic heterocycles. The largest absolute Gasteiger partial charge is 0.494 e. The maximum Gasteiger partial charge on any atom is 0.340 e. The highest BCUT2D eigenvalue weighted by Gasteiger charge is 2.24. The fraction of sp³-hybridized carbons (Fsp3) is 0.429. The molecule has 0 radical (unpaired) electrons. The van der Waals surface area contributed by atoms with Gasteiger partial charge in [0.1, 0.15) is 11.4 Å². The van der Waals surface area contributed by atoms with Crippen LogP contribution in [0.3, 0.4) is 0 Å². The number of aromatic amines is 1. The van der Waals surface area contributed by atoms with Crippen molar-refractivity contribution < 1.29 is 19.1 Å². The predicted molar refractivity (Wildman–Crippen MR) is 106 cm³/mol. The predicted octanol–water partition coefficient (Wildman–Crippen LogP) is 4.55. The molecule has 2 aromatic rings. The molecule has 0 atom stereocenters. The number of ether oxygens (including phenoxy) is 2. The Hall–Kier alpha value is -2.76. The van der Waals surface area contributed by atoms with E-state index in [2.05, 4.69) is 10.3 Å². The number of nitrogens with one attached hydrogen (secondary N) is 2. The standard InChI is InChI=1S/C21H28N2O4/c1-7-10-26-16-8-9-17(13(4)11-16)23-20(24)19-14(5)18(15(6)22-19)21(25)27-12(2)3/h8-9,11-12,22H,7,10H2,1-6H3,(H,23,24). The highest BCUT2D eigenvalue weighted by molar-refractivity contribution is 6.07. The van der Waals surface area contributed by atoms with E-state index in [0.717, 1.165) is 17.7 Å². The van der Waals surface area contributed by atoms with Crippen molar-refractivity contribution in [1.82, 2.24) is 4.98 Å². The summed E-state index contributed by atoms with van der Waals surface area (Å²) in [6, 6.07) is 5.54. The molecule has 0 bridgehead atoms. The van der Waals surface area contributed by atoms with E-state index in [-0.39, 0.29) is 12.0 Å². The van der Waals surface area contributed by atoms with Gasteiger partial charge in [0.15, 0.2) is 0 Å². The summed E-state index contributed by atoms with van der Waals surface area (Å²) >= 11 is 0. The molecule has 2 rings (SSSR count). The van der Waals surface area contributed by atoms with Crippen LogP contribution in [0.15, 0.2) is 18.2 Å². The first-order chi connectivity index (χ1) is 12.7. The lowest BCUT2D eigenvalue weighted by Gasteiger charge is -2.11. The fourth-order valence-corrected chi connectivity index (χ4v) is 2.83. The summed E-state index contributed by atoms with van der Waals surface area (Å²) in [5, 5.41) is 2.89. The number of aryl methyl sites for hydroxylation is 2. The highest BCUT2D eigenvalue weighted by atomic mass is 16.5. The third-order valence-corrected chi connectivity index (χ3v) is 4.13. The zero-order valence-electron chi connectivity index (χ0n) is 16.9. The molecule has 0 saturated heterocycles. The molecule has 0 aliphatic rings. The second kappa shape index (κ2) is 8.75. The van der Waals surface area contributed by atoms with Crippen LogP contribution in [0.4, 0.5) is 5.69 Å². The molecule has 27 heavy (non-hydrogen) atoms. The lowest BCUT2D eigenvalue weighted by Crippen LogP contribution is -2.16. The van der Waals surface area contributed by atoms with Crippen molar-refractivity contribution >= 4 is 17.6 Å². The number of anilines is 1. The lowest BCUT2D eigenvalue weighted by atomic mass is 10.1. The van der Waals surface area contributed by atoms with Gasteiger partial charge in [-0.2, -0.15) is 0 Å². The lowest BCUT2D eigenvalue weighted by molar-refractivity contribution is 0.0376. The first-order valence-corrected chi connectivity index (χ1v) is 9.19. The van der Waals surface area contributed by atoms with Gasteiger partial charge in [-0.3, -0.25) is 4.79 Å².